The van der Waals surface area contributed by atoms with Gasteiger partial charge in [0, 0.05) is 15.6 Å². The summed E-state index contributed by atoms with van der Waals surface area (Å²) in [6, 6.07) is 36.0. The molecule has 8 nitrogen and oxygen atoms in total. The number of hydrogen-bond donors (Lipinski definition) is 1. The monoisotopic (exact) mass is 680 g/mol. The normalized spacial score (nSPS) is 10.8. The number of hydrogen-bond acceptors (Lipinski definition) is 7. The van der Waals surface area contributed by atoms with Gasteiger partial charge < -0.3 is 23.7 Å². The molecule has 0 aliphatic heterocycles. The highest BCUT2D eigenvalue weighted by molar-refractivity contribution is 9.10. The Bertz CT molecular complexity index is 1780. The summed E-state index contributed by atoms with van der Waals surface area (Å²) in [6.07, 6.45) is 1.54. The van der Waals surface area contributed by atoms with Crippen molar-refractivity contribution in [2.45, 2.75) is 19.8 Å². The SMILES string of the molecule is COc1cc(COc2ccc(Br)cc2/C=N/NC(=O)c2ccc(OCc3ccccc3)c(OC)c2)ccc1OCc1ccccc1. The lowest BCUT2D eigenvalue weighted by Crippen LogP contribution is -2.17. The molecule has 1 N–H and O–H groups in total. The van der Waals surface area contributed by atoms with Crippen molar-refractivity contribution in [2.75, 3.05) is 14.2 Å². The van der Waals surface area contributed by atoms with E-state index in [0.29, 0.717) is 53.1 Å². The molecule has 46 heavy (non-hydrogen) atoms. The van der Waals surface area contributed by atoms with Crippen LogP contribution in [0.5, 0.6) is 28.7 Å². The molecule has 5 aromatic carbocycles. The first-order chi connectivity index (χ1) is 22.5. The van der Waals surface area contributed by atoms with E-state index in [1.807, 2.05) is 97.1 Å². The van der Waals surface area contributed by atoms with Crippen LogP contribution in [0.1, 0.15) is 32.6 Å². The van der Waals surface area contributed by atoms with E-state index in [2.05, 4.69) is 26.5 Å². The van der Waals surface area contributed by atoms with E-state index in [9.17, 15) is 4.79 Å². The molecule has 0 aliphatic rings. The van der Waals surface area contributed by atoms with Crippen molar-refractivity contribution in [3.63, 3.8) is 0 Å². The van der Waals surface area contributed by atoms with Crippen LogP contribution in [0.3, 0.4) is 0 Å². The minimum absolute atomic E-state index is 0.280. The summed E-state index contributed by atoms with van der Waals surface area (Å²) in [7, 11) is 3.14. The molecular formula is C37H33BrN2O6. The average Bonchev–Trinajstić information content (AvgIpc) is 3.10. The summed E-state index contributed by atoms with van der Waals surface area (Å²) in [5, 5.41) is 4.18. The Kier molecular flexibility index (Phi) is 11.3. The van der Waals surface area contributed by atoms with E-state index in [-0.39, 0.29) is 6.61 Å². The highest BCUT2D eigenvalue weighted by atomic mass is 79.9. The topological polar surface area (TPSA) is 87.6 Å². The van der Waals surface area contributed by atoms with Gasteiger partial charge >= 0.3 is 0 Å². The highest BCUT2D eigenvalue weighted by Gasteiger charge is 2.12. The number of rotatable bonds is 14. The van der Waals surface area contributed by atoms with Gasteiger partial charge in [-0.1, -0.05) is 82.7 Å². The number of carbonyl (C=O) groups is 1. The van der Waals surface area contributed by atoms with Crippen LogP contribution in [0.4, 0.5) is 0 Å². The van der Waals surface area contributed by atoms with Crippen LogP contribution in [-0.4, -0.2) is 26.3 Å². The Balaban J connectivity index is 1.20. The number of nitrogens with zero attached hydrogens (tertiary/aromatic N) is 1. The van der Waals surface area contributed by atoms with Gasteiger partial charge in [0.05, 0.1) is 20.4 Å². The first-order valence-electron chi connectivity index (χ1n) is 14.5. The molecule has 234 valence electrons. The maximum absolute atomic E-state index is 12.9. The van der Waals surface area contributed by atoms with E-state index in [1.165, 1.54) is 13.3 Å². The van der Waals surface area contributed by atoms with E-state index in [0.717, 1.165) is 21.2 Å². The van der Waals surface area contributed by atoms with Crippen molar-refractivity contribution in [1.29, 1.82) is 0 Å². The number of carbonyl (C=O) groups excluding carboxylic acids is 1. The molecule has 5 rings (SSSR count). The molecule has 0 heterocycles. The molecule has 0 radical (unpaired) electrons. The summed E-state index contributed by atoms with van der Waals surface area (Å²) >= 11 is 3.50. The van der Waals surface area contributed by atoms with Gasteiger partial charge in [-0.2, -0.15) is 5.10 Å². The number of hydrazone groups is 1. The molecule has 0 unspecified atom stereocenters. The standard InChI is InChI=1S/C37H33BrN2O6/c1-42-35-19-28(13-16-33(35)45-23-26-9-5-3-6-10-26)25-44-32-18-15-31(38)20-30(32)22-39-40-37(41)29-14-17-34(36(21-29)43-2)46-24-27-11-7-4-8-12-27/h3-22H,23-25H2,1-2H3,(H,40,41)/b39-22+. The van der Waals surface area contributed by atoms with Crippen LogP contribution in [-0.2, 0) is 19.8 Å². The smallest absolute Gasteiger partial charge is 0.271 e. The van der Waals surface area contributed by atoms with E-state index >= 15 is 0 Å². The number of nitrogens with one attached hydrogen (secondary N) is 1. The molecule has 0 atom stereocenters. The van der Waals surface area contributed by atoms with Crippen LogP contribution < -0.4 is 29.1 Å². The predicted molar refractivity (Wildman–Crippen MR) is 181 cm³/mol. The van der Waals surface area contributed by atoms with Gasteiger partial charge in [0.2, 0.25) is 0 Å². The van der Waals surface area contributed by atoms with Gasteiger partial charge in [-0.25, -0.2) is 5.43 Å². The second kappa shape index (κ2) is 16.2. The lowest BCUT2D eigenvalue weighted by Gasteiger charge is -2.14. The fourth-order valence-corrected chi connectivity index (χ4v) is 4.84. The van der Waals surface area contributed by atoms with E-state index < -0.39 is 5.91 Å². The second-order valence-electron chi connectivity index (χ2n) is 10.1. The quantitative estimate of drug-likeness (QED) is 0.0946. The maximum atomic E-state index is 12.9. The van der Waals surface area contributed by atoms with Gasteiger partial charge in [0.15, 0.2) is 23.0 Å². The third-order valence-corrected chi connectivity index (χ3v) is 7.36. The molecule has 0 aromatic heterocycles. The molecule has 0 bridgehead atoms. The van der Waals surface area contributed by atoms with Gasteiger partial charge in [0.1, 0.15) is 25.6 Å². The number of benzene rings is 5. The van der Waals surface area contributed by atoms with E-state index in [1.54, 1.807) is 25.3 Å². The fourth-order valence-electron chi connectivity index (χ4n) is 4.46. The zero-order chi connectivity index (χ0) is 32.1. The molecular weight excluding hydrogens is 648 g/mol. The van der Waals surface area contributed by atoms with E-state index in [4.69, 9.17) is 23.7 Å². The predicted octanol–water partition coefficient (Wildman–Crippen LogP) is 7.97. The van der Waals surface area contributed by atoms with Gasteiger partial charge in [-0.05, 0) is 65.2 Å². The van der Waals surface area contributed by atoms with Gasteiger partial charge in [-0.15, -0.1) is 0 Å². The zero-order valence-electron chi connectivity index (χ0n) is 25.4. The van der Waals surface area contributed by atoms with Crippen LogP contribution in [0.15, 0.2) is 125 Å². The molecule has 0 aliphatic carbocycles. The summed E-state index contributed by atoms with van der Waals surface area (Å²) < 4.78 is 29.9. The minimum atomic E-state index is -0.400. The Morgan fingerprint density at radius 3 is 1.80 bits per heavy atom. The minimum Gasteiger partial charge on any atom is -0.493 e. The summed E-state index contributed by atoms with van der Waals surface area (Å²) in [6.45, 7) is 1.10. The highest BCUT2D eigenvalue weighted by Crippen LogP contribution is 2.31. The Morgan fingerprint density at radius 2 is 1.17 bits per heavy atom. The van der Waals surface area contributed by atoms with Crippen molar-refractivity contribution in [1.82, 2.24) is 5.43 Å². The number of methoxy groups -OCH3 is 2. The molecule has 5 aromatic rings. The fraction of sp³-hybridized carbons (Fsp3) is 0.135. The largest absolute Gasteiger partial charge is 0.493 e. The Labute approximate surface area is 276 Å². The molecule has 9 heteroatoms. The van der Waals surface area contributed by atoms with Crippen molar-refractivity contribution in [2.24, 2.45) is 5.10 Å². The maximum Gasteiger partial charge on any atom is 0.271 e. The summed E-state index contributed by atoms with van der Waals surface area (Å²) in [5.74, 6) is 2.44. The average molecular weight is 682 g/mol. The van der Waals surface area contributed by atoms with Crippen LogP contribution >= 0.6 is 15.9 Å². The molecule has 0 fully saturated rings. The van der Waals surface area contributed by atoms with Gasteiger partial charge in [0.25, 0.3) is 5.91 Å². The summed E-state index contributed by atoms with van der Waals surface area (Å²) in [4.78, 5) is 12.9. The molecule has 0 saturated carbocycles. The van der Waals surface area contributed by atoms with Crippen LogP contribution in [0.2, 0.25) is 0 Å². The zero-order valence-corrected chi connectivity index (χ0v) is 27.0. The van der Waals surface area contributed by atoms with Crippen LogP contribution in [0.25, 0.3) is 0 Å². The van der Waals surface area contributed by atoms with Gasteiger partial charge in [-0.3, -0.25) is 4.79 Å². The Morgan fingerprint density at radius 1 is 0.630 bits per heavy atom. The lowest BCUT2D eigenvalue weighted by molar-refractivity contribution is 0.0954. The Hall–Kier alpha value is -5.28. The number of halogens is 1. The number of amides is 1. The first-order valence-corrected chi connectivity index (χ1v) is 15.3. The number of ether oxygens (including phenoxy) is 5. The second-order valence-corrected chi connectivity index (χ2v) is 11.0. The van der Waals surface area contributed by atoms with Crippen molar-refractivity contribution < 1.29 is 28.5 Å². The lowest BCUT2D eigenvalue weighted by atomic mass is 10.2. The summed E-state index contributed by atoms with van der Waals surface area (Å²) in [5.41, 5.74) is 6.61. The molecule has 1 amide bonds. The van der Waals surface area contributed by atoms with Crippen molar-refractivity contribution in [3.05, 3.63) is 148 Å². The third kappa shape index (κ3) is 8.89. The van der Waals surface area contributed by atoms with Crippen molar-refractivity contribution >= 4 is 28.1 Å². The van der Waals surface area contributed by atoms with Crippen LogP contribution in [0, 0.1) is 0 Å². The van der Waals surface area contributed by atoms with Crippen molar-refractivity contribution in [3.8, 4) is 28.7 Å². The molecule has 0 spiro atoms. The molecule has 0 saturated heterocycles. The first kappa shape index (κ1) is 32.1. The third-order valence-electron chi connectivity index (χ3n) is 6.86.